The van der Waals surface area contributed by atoms with Crippen LogP contribution in [0.25, 0.3) is 0 Å². The largest absolute Gasteiger partial charge is 0.388 e. The lowest BCUT2D eigenvalue weighted by atomic mass is 10.2. The second-order valence-electron chi connectivity index (χ2n) is 4.62. The first-order chi connectivity index (χ1) is 10.6. The first-order valence-corrected chi connectivity index (χ1v) is 7.61. The van der Waals surface area contributed by atoms with E-state index in [1.165, 1.54) is 6.20 Å². The number of carbonyl (C=O) groups is 1. The highest BCUT2D eigenvalue weighted by Gasteiger charge is 2.09. The summed E-state index contributed by atoms with van der Waals surface area (Å²) in [6.07, 6.45) is 1.45. The minimum Gasteiger partial charge on any atom is -0.388 e. The van der Waals surface area contributed by atoms with Gasteiger partial charge in [-0.05, 0) is 31.3 Å². The summed E-state index contributed by atoms with van der Waals surface area (Å²) in [5.41, 5.74) is 0.585. The van der Waals surface area contributed by atoms with E-state index in [0.29, 0.717) is 17.3 Å². The van der Waals surface area contributed by atoms with Crippen molar-refractivity contribution in [3.8, 4) is 6.07 Å². The molecular weight excluding hydrogens is 300 g/mol. The highest BCUT2D eigenvalue weighted by molar-refractivity contribution is 6.31. The molecule has 118 valence electrons. The Hall–Kier alpha value is -2.03. The van der Waals surface area contributed by atoms with Crippen molar-refractivity contribution >= 4 is 23.2 Å². The Morgan fingerprint density at radius 1 is 1.41 bits per heavy atom. The predicted octanol–water partition coefficient (Wildman–Crippen LogP) is 2.62. The minimum atomic E-state index is -0.458. The van der Waals surface area contributed by atoms with Crippen molar-refractivity contribution in [2.45, 2.75) is 13.8 Å². The lowest BCUT2D eigenvalue weighted by Gasteiger charge is -2.17. The van der Waals surface area contributed by atoms with E-state index in [0.717, 1.165) is 19.6 Å². The van der Waals surface area contributed by atoms with E-state index in [2.05, 4.69) is 29.4 Å². The number of halogens is 1. The number of carbonyl (C=O) groups excluding carboxylic acids is 1. The van der Waals surface area contributed by atoms with E-state index in [1.54, 1.807) is 24.3 Å². The Morgan fingerprint density at radius 2 is 2.14 bits per heavy atom. The molecule has 0 aliphatic rings. The molecule has 0 unspecified atom stereocenters. The Bertz CT molecular complexity index is 562. The summed E-state index contributed by atoms with van der Waals surface area (Å²) < 4.78 is 0. The fraction of sp³-hybridized carbons (Fsp3) is 0.375. The number of likely N-dealkylation sites (N-methyl/N-ethyl adjacent to an activating group) is 1. The van der Waals surface area contributed by atoms with Gasteiger partial charge in [0.15, 0.2) is 0 Å². The molecule has 2 N–H and O–H groups in total. The number of anilines is 1. The van der Waals surface area contributed by atoms with E-state index >= 15 is 0 Å². The van der Waals surface area contributed by atoms with Crippen LogP contribution in [0.15, 0.2) is 36.0 Å². The molecule has 5 nitrogen and oxygen atoms in total. The third kappa shape index (κ3) is 6.17. The lowest BCUT2D eigenvalue weighted by molar-refractivity contribution is -0.112. The van der Waals surface area contributed by atoms with Crippen LogP contribution in [0.4, 0.5) is 5.69 Å². The number of hydrogen-bond donors (Lipinski definition) is 2. The molecule has 0 bridgehead atoms. The third-order valence-corrected chi connectivity index (χ3v) is 3.40. The second kappa shape index (κ2) is 9.82. The number of benzene rings is 1. The quantitative estimate of drug-likeness (QED) is 0.439. The van der Waals surface area contributed by atoms with Crippen molar-refractivity contribution in [1.82, 2.24) is 10.2 Å². The highest BCUT2D eigenvalue weighted by atomic mass is 35.5. The molecule has 1 amide bonds. The summed E-state index contributed by atoms with van der Waals surface area (Å²) in [4.78, 5) is 14.2. The van der Waals surface area contributed by atoms with Crippen LogP contribution in [0.2, 0.25) is 5.02 Å². The van der Waals surface area contributed by atoms with Crippen molar-refractivity contribution in [1.29, 1.82) is 5.26 Å². The number of hydrogen-bond acceptors (Lipinski definition) is 4. The van der Waals surface area contributed by atoms with Gasteiger partial charge in [0, 0.05) is 30.0 Å². The molecule has 1 aromatic rings. The zero-order valence-electron chi connectivity index (χ0n) is 12.9. The summed E-state index contributed by atoms with van der Waals surface area (Å²) in [6.45, 7) is 7.68. The standard InChI is InChI=1S/C16H21ClN4O/c1-3-21(4-2)9-8-19-12-13(11-18)16(22)20-15-7-5-6-14(17)10-15/h5-7,10,12,19H,3-4,8-9H2,1-2H3,(H,20,22)/b13-12-. The molecule has 0 aromatic heterocycles. The zero-order chi connectivity index (χ0) is 16.4. The average Bonchev–Trinajstić information content (AvgIpc) is 2.51. The number of nitrogens with one attached hydrogen (secondary N) is 2. The molecule has 0 spiro atoms. The number of nitrogens with zero attached hydrogens (tertiary/aromatic N) is 2. The van der Waals surface area contributed by atoms with Gasteiger partial charge in [-0.15, -0.1) is 0 Å². The third-order valence-electron chi connectivity index (χ3n) is 3.16. The first kappa shape index (κ1) is 18.0. The summed E-state index contributed by atoms with van der Waals surface area (Å²) in [7, 11) is 0. The van der Waals surface area contributed by atoms with E-state index < -0.39 is 5.91 Å². The molecule has 0 fully saturated rings. The molecule has 0 atom stereocenters. The van der Waals surface area contributed by atoms with Gasteiger partial charge in [0.1, 0.15) is 11.6 Å². The van der Waals surface area contributed by atoms with Crippen LogP contribution >= 0.6 is 11.6 Å². The van der Waals surface area contributed by atoms with Crippen LogP contribution in [0.5, 0.6) is 0 Å². The Morgan fingerprint density at radius 3 is 2.73 bits per heavy atom. The average molecular weight is 321 g/mol. The van der Waals surface area contributed by atoms with E-state index in [1.807, 2.05) is 6.07 Å². The van der Waals surface area contributed by atoms with Crippen LogP contribution in [0, 0.1) is 11.3 Å². The van der Waals surface area contributed by atoms with Gasteiger partial charge in [-0.3, -0.25) is 4.79 Å². The van der Waals surface area contributed by atoms with Crippen LogP contribution in [-0.2, 0) is 4.79 Å². The Kier molecular flexibility index (Phi) is 8.05. The van der Waals surface area contributed by atoms with Gasteiger partial charge < -0.3 is 15.5 Å². The number of rotatable bonds is 8. The molecule has 0 saturated heterocycles. The van der Waals surface area contributed by atoms with Gasteiger partial charge in [-0.1, -0.05) is 31.5 Å². The van der Waals surface area contributed by atoms with Crippen molar-refractivity contribution in [2.24, 2.45) is 0 Å². The van der Waals surface area contributed by atoms with Crippen LogP contribution in [0.3, 0.4) is 0 Å². The summed E-state index contributed by atoms with van der Waals surface area (Å²) >= 11 is 5.85. The Balaban J connectivity index is 2.54. The molecular formula is C16H21ClN4O. The van der Waals surface area contributed by atoms with Gasteiger partial charge in [-0.25, -0.2) is 0 Å². The number of amides is 1. The van der Waals surface area contributed by atoms with E-state index in [4.69, 9.17) is 16.9 Å². The zero-order valence-corrected chi connectivity index (χ0v) is 13.7. The molecule has 22 heavy (non-hydrogen) atoms. The molecule has 1 rings (SSSR count). The Labute approximate surface area is 136 Å². The van der Waals surface area contributed by atoms with Gasteiger partial charge in [0.25, 0.3) is 5.91 Å². The van der Waals surface area contributed by atoms with E-state index in [-0.39, 0.29) is 5.57 Å². The molecule has 6 heteroatoms. The van der Waals surface area contributed by atoms with Crippen molar-refractivity contribution < 1.29 is 4.79 Å². The molecule has 0 saturated carbocycles. The van der Waals surface area contributed by atoms with Crippen LogP contribution in [-0.4, -0.2) is 37.0 Å². The maximum Gasteiger partial charge on any atom is 0.267 e. The minimum absolute atomic E-state index is 0.0273. The molecule has 0 heterocycles. The predicted molar refractivity (Wildman–Crippen MR) is 89.6 cm³/mol. The first-order valence-electron chi connectivity index (χ1n) is 7.23. The molecule has 0 aliphatic heterocycles. The van der Waals surface area contributed by atoms with Crippen LogP contribution in [0.1, 0.15) is 13.8 Å². The molecule has 1 aromatic carbocycles. The van der Waals surface area contributed by atoms with Crippen molar-refractivity contribution in [3.63, 3.8) is 0 Å². The van der Waals surface area contributed by atoms with Gasteiger partial charge in [0.2, 0.25) is 0 Å². The monoisotopic (exact) mass is 320 g/mol. The fourth-order valence-corrected chi connectivity index (χ4v) is 2.04. The van der Waals surface area contributed by atoms with Crippen molar-refractivity contribution in [3.05, 3.63) is 41.1 Å². The molecule has 0 radical (unpaired) electrons. The van der Waals surface area contributed by atoms with Gasteiger partial charge >= 0.3 is 0 Å². The maximum absolute atomic E-state index is 12.0. The van der Waals surface area contributed by atoms with E-state index in [9.17, 15) is 4.79 Å². The number of nitriles is 1. The summed E-state index contributed by atoms with van der Waals surface area (Å²) in [6, 6.07) is 8.68. The topological polar surface area (TPSA) is 68.2 Å². The van der Waals surface area contributed by atoms with Crippen molar-refractivity contribution in [2.75, 3.05) is 31.5 Å². The smallest absolute Gasteiger partial charge is 0.267 e. The molecule has 0 aliphatic carbocycles. The summed E-state index contributed by atoms with van der Waals surface area (Å²) in [5, 5.41) is 15.2. The SMILES string of the molecule is CCN(CC)CCN/C=C(/C#N)C(=O)Nc1cccc(Cl)c1. The van der Waals surface area contributed by atoms with Gasteiger partial charge in [0.05, 0.1) is 0 Å². The second-order valence-corrected chi connectivity index (χ2v) is 5.05. The highest BCUT2D eigenvalue weighted by Crippen LogP contribution is 2.15. The van der Waals surface area contributed by atoms with Crippen LogP contribution < -0.4 is 10.6 Å². The normalized spacial score (nSPS) is 11.1. The maximum atomic E-state index is 12.0. The lowest BCUT2D eigenvalue weighted by Crippen LogP contribution is -2.30. The fourth-order valence-electron chi connectivity index (χ4n) is 1.85. The summed E-state index contributed by atoms with van der Waals surface area (Å²) in [5.74, 6) is -0.458. The van der Waals surface area contributed by atoms with Gasteiger partial charge in [-0.2, -0.15) is 5.26 Å².